The molecule has 68 valence electrons. The standard InChI is InChI=1S/C5H14NO4P/c1-4-9-11(7,8)10-5(2,3)6/h4,6H2,1-3H3,(H,7,8). The van der Waals surface area contributed by atoms with E-state index in [-0.39, 0.29) is 6.61 Å². The van der Waals surface area contributed by atoms with Gasteiger partial charge in [-0.15, -0.1) is 0 Å². The molecule has 11 heavy (non-hydrogen) atoms. The average Bonchev–Trinajstić information content (AvgIpc) is 1.55. The molecule has 0 amide bonds. The van der Waals surface area contributed by atoms with Crippen LogP contribution in [0.3, 0.4) is 0 Å². The van der Waals surface area contributed by atoms with Crippen LogP contribution >= 0.6 is 7.82 Å². The third kappa shape index (κ3) is 6.47. The summed E-state index contributed by atoms with van der Waals surface area (Å²) in [4.78, 5) is 8.88. The quantitative estimate of drug-likeness (QED) is 0.498. The Hall–Kier alpha value is 0.0700. The molecular formula is C5H14NO4P. The van der Waals surface area contributed by atoms with Crippen LogP contribution in [0, 0.1) is 0 Å². The molecule has 0 aliphatic carbocycles. The minimum atomic E-state index is -3.94. The first-order valence-corrected chi connectivity index (χ1v) is 4.73. The lowest BCUT2D eigenvalue weighted by Gasteiger charge is -2.21. The Bertz CT molecular complexity index is 164. The van der Waals surface area contributed by atoms with E-state index in [9.17, 15) is 4.57 Å². The normalized spacial score (nSPS) is 17.9. The van der Waals surface area contributed by atoms with Crippen LogP contribution in [-0.4, -0.2) is 17.2 Å². The van der Waals surface area contributed by atoms with Gasteiger partial charge in [-0.25, -0.2) is 4.57 Å². The van der Waals surface area contributed by atoms with E-state index in [1.54, 1.807) is 6.92 Å². The number of rotatable bonds is 4. The Morgan fingerprint density at radius 3 is 2.36 bits per heavy atom. The molecule has 0 fully saturated rings. The lowest BCUT2D eigenvalue weighted by atomic mass is 10.4. The lowest BCUT2D eigenvalue weighted by molar-refractivity contribution is 0.0554. The maximum atomic E-state index is 10.9. The first-order chi connectivity index (χ1) is 4.77. The highest BCUT2D eigenvalue weighted by molar-refractivity contribution is 7.47. The summed E-state index contributed by atoms with van der Waals surface area (Å²) in [7, 11) is -3.94. The van der Waals surface area contributed by atoms with Gasteiger partial charge in [0.05, 0.1) is 6.61 Å². The molecule has 0 heterocycles. The van der Waals surface area contributed by atoms with Crippen LogP contribution in [0.25, 0.3) is 0 Å². The van der Waals surface area contributed by atoms with Crippen LogP contribution < -0.4 is 5.73 Å². The molecule has 0 rings (SSSR count). The van der Waals surface area contributed by atoms with Gasteiger partial charge >= 0.3 is 7.82 Å². The van der Waals surface area contributed by atoms with Crippen molar-refractivity contribution in [2.75, 3.05) is 6.61 Å². The van der Waals surface area contributed by atoms with Crippen molar-refractivity contribution in [3.63, 3.8) is 0 Å². The summed E-state index contributed by atoms with van der Waals surface area (Å²) >= 11 is 0. The fraction of sp³-hybridized carbons (Fsp3) is 1.00. The van der Waals surface area contributed by atoms with Gasteiger partial charge in [0.25, 0.3) is 0 Å². The molecule has 1 atom stereocenters. The van der Waals surface area contributed by atoms with Gasteiger partial charge in [-0.1, -0.05) is 0 Å². The highest BCUT2D eigenvalue weighted by Gasteiger charge is 2.28. The van der Waals surface area contributed by atoms with Crippen molar-refractivity contribution in [1.82, 2.24) is 0 Å². The number of hydrogen-bond donors (Lipinski definition) is 2. The predicted octanol–water partition coefficient (Wildman–Crippen LogP) is 0.835. The molecule has 0 radical (unpaired) electrons. The number of phosphoric acid groups is 1. The first kappa shape index (κ1) is 11.1. The average molecular weight is 183 g/mol. The molecule has 0 aliphatic heterocycles. The summed E-state index contributed by atoms with van der Waals surface area (Å²) in [6.07, 6.45) is 0. The Kier molecular flexibility index (Phi) is 3.67. The molecule has 0 bridgehead atoms. The van der Waals surface area contributed by atoms with Gasteiger partial charge in [0.2, 0.25) is 0 Å². The summed E-state index contributed by atoms with van der Waals surface area (Å²) in [6.45, 7) is 4.64. The Balaban J connectivity index is 4.03. The van der Waals surface area contributed by atoms with Crippen LogP contribution in [0.15, 0.2) is 0 Å². The van der Waals surface area contributed by atoms with Crippen molar-refractivity contribution >= 4 is 7.82 Å². The molecule has 6 heteroatoms. The van der Waals surface area contributed by atoms with Crippen LogP contribution in [0.2, 0.25) is 0 Å². The zero-order valence-electron chi connectivity index (χ0n) is 6.90. The number of phosphoric ester groups is 1. The second kappa shape index (κ2) is 3.65. The van der Waals surface area contributed by atoms with Crippen molar-refractivity contribution in [2.24, 2.45) is 5.73 Å². The highest BCUT2D eigenvalue weighted by Crippen LogP contribution is 2.45. The van der Waals surface area contributed by atoms with Crippen molar-refractivity contribution < 1.29 is 18.5 Å². The van der Waals surface area contributed by atoms with E-state index in [0.717, 1.165) is 0 Å². The molecular weight excluding hydrogens is 169 g/mol. The van der Waals surface area contributed by atoms with Gasteiger partial charge in [0.15, 0.2) is 0 Å². The van der Waals surface area contributed by atoms with E-state index in [2.05, 4.69) is 9.05 Å². The monoisotopic (exact) mass is 183 g/mol. The minimum absolute atomic E-state index is 0.115. The van der Waals surface area contributed by atoms with Crippen LogP contribution in [0.1, 0.15) is 20.8 Å². The number of hydrogen-bond acceptors (Lipinski definition) is 4. The summed E-state index contributed by atoms with van der Waals surface area (Å²) in [5.74, 6) is 0. The predicted molar refractivity (Wildman–Crippen MR) is 40.8 cm³/mol. The smallest absolute Gasteiger partial charge is 0.303 e. The van der Waals surface area contributed by atoms with E-state index in [1.807, 2.05) is 0 Å². The molecule has 0 spiro atoms. The summed E-state index contributed by atoms with van der Waals surface area (Å²) in [5.41, 5.74) is 4.16. The zero-order valence-corrected chi connectivity index (χ0v) is 7.80. The first-order valence-electron chi connectivity index (χ1n) is 3.24. The largest absolute Gasteiger partial charge is 0.473 e. The summed E-state index contributed by atoms with van der Waals surface area (Å²) in [6, 6.07) is 0. The van der Waals surface area contributed by atoms with E-state index < -0.39 is 13.5 Å². The zero-order chi connectivity index (χ0) is 9.12. The van der Waals surface area contributed by atoms with Crippen molar-refractivity contribution in [2.45, 2.75) is 26.5 Å². The third-order valence-electron chi connectivity index (χ3n) is 0.643. The molecule has 0 aromatic heterocycles. The van der Waals surface area contributed by atoms with E-state index >= 15 is 0 Å². The maximum absolute atomic E-state index is 10.9. The fourth-order valence-corrected chi connectivity index (χ4v) is 1.46. The van der Waals surface area contributed by atoms with Gasteiger partial charge in [-0.05, 0) is 20.8 Å². The molecule has 0 saturated heterocycles. The van der Waals surface area contributed by atoms with Gasteiger partial charge in [-0.3, -0.25) is 9.05 Å². The Morgan fingerprint density at radius 1 is 1.64 bits per heavy atom. The van der Waals surface area contributed by atoms with Crippen LogP contribution in [0.4, 0.5) is 0 Å². The lowest BCUT2D eigenvalue weighted by Crippen LogP contribution is -2.34. The van der Waals surface area contributed by atoms with Crippen molar-refractivity contribution in [3.05, 3.63) is 0 Å². The van der Waals surface area contributed by atoms with E-state index in [0.29, 0.717) is 0 Å². The molecule has 0 aliphatic rings. The fourth-order valence-electron chi connectivity index (χ4n) is 0.487. The van der Waals surface area contributed by atoms with Crippen LogP contribution in [0.5, 0.6) is 0 Å². The van der Waals surface area contributed by atoms with Gasteiger partial charge in [-0.2, -0.15) is 0 Å². The Labute approximate surface area is 66.1 Å². The molecule has 0 aromatic rings. The van der Waals surface area contributed by atoms with Gasteiger partial charge in [0, 0.05) is 0 Å². The summed E-state index contributed by atoms with van der Waals surface area (Å²) in [5, 5.41) is 0. The van der Waals surface area contributed by atoms with Crippen LogP contribution in [-0.2, 0) is 13.6 Å². The maximum Gasteiger partial charge on any atom is 0.473 e. The topological polar surface area (TPSA) is 81.8 Å². The SMILES string of the molecule is CCOP(=O)(O)OC(C)(C)N. The van der Waals surface area contributed by atoms with Crippen molar-refractivity contribution in [1.29, 1.82) is 0 Å². The van der Waals surface area contributed by atoms with Crippen molar-refractivity contribution in [3.8, 4) is 0 Å². The minimum Gasteiger partial charge on any atom is -0.303 e. The number of nitrogens with two attached hydrogens (primary N) is 1. The summed E-state index contributed by atoms with van der Waals surface area (Å²) < 4.78 is 19.8. The molecule has 0 saturated carbocycles. The van der Waals surface area contributed by atoms with Gasteiger partial charge < -0.3 is 10.6 Å². The second-order valence-corrected chi connectivity index (χ2v) is 3.96. The Morgan fingerprint density at radius 2 is 2.09 bits per heavy atom. The molecule has 1 unspecified atom stereocenters. The second-order valence-electron chi connectivity index (χ2n) is 2.58. The molecule has 5 nitrogen and oxygen atoms in total. The van der Waals surface area contributed by atoms with E-state index in [4.69, 9.17) is 10.6 Å². The van der Waals surface area contributed by atoms with E-state index in [1.165, 1.54) is 13.8 Å². The highest BCUT2D eigenvalue weighted by atomic mass is 31.2. The molecule has 0 aromatic carbocycles. The van der Waals surface area contributed by atoms with Gasteiger partial charge in [0.1, 0.15) is 5.72 Å². The third-order valence-corrected chi connectivity index (χ3v) is 1.93. The molecule has 3 N–H and O–H groups in total.